The highest BCUT2D eigenvalue weighted by molar-refractivity contribution is 5.81. The molecular weight excluding hydrogens is 318 g/mol. The van der Waals surface area contributed by atoms with Crippen LogP contribution in [0.3, 0.4) is 0 Å². The van der Waals surface area contributed by atoms with Crippen LogP contribution in [0.5, 0.6) is 0 Å². The van der Waals surface area contributed by atoms with Gasteiger partial charge in [0.25, 0.3) is 0 Å². The minimum Gasteiger partial charge on any atom is -0.382 e. The monoisotopic (exact) mass is 355 g/mol. The zero-order valence-corrected chi connectivity index (χ0v) is 16.5. The molecule has 1 fully saturated rings. The molecule has 2 N–H and O–H groups in total. The molecule has 7 nitrogen and oxygen atoms in total. The van der Waals surface area contributed by atoms with Crippen LogP contribution in [0.2, 0.25) is 0 Å². The van der Waals surface area contributed by atoms with Crippen molar-refractivity contribution in [3.8, 4) is 0 Å². The highest BCUT2D eigenvalue weighted by Gasteiger charge is 2.30. The van der Waals surface area contributed by atoms with E-state index in [1.165, 1.54) is 0 Å². The Morgan fingerprint density at radius 3 is 2.60 bits per heavy atom. The molecule has 0 bridgehead atoms. The summed E-state index contributed by atoms with van der Waals surface area (Å²) in [5.74, 6) is 1.08. The largest absolute Gasteiger partial charge is 0.382 e. The number of hydrogen-bond donors (Lipinski definition) is 2. The van der Waals surface area contributed by atoms with Crippen molar-refractivity contribution in [1.29, 1.82) is 0 Å². The highest BCUT2D eigenvalue weighted by atomic mass is 16.5. The van der Waals surface area contributed by atoms with Crippen molar-refractivity contribution < 1.29 is 9.53 Å². The molecule has 1 unspecified atom stereocenters. The van der Waals surface area contributed by atoms with Crippen LogP contribution >= 0.6 is 0 Å². The standard InChI is InChI=1S/C18H37N5O2/c1-5-25-15-7-6-11-20-18(19-2)21-12-9-14-23-13-8-10-16(23)17(24)22(3)4/h16H,5-15H2,1-4H3,(H2,19,20,21). The van der Waals surface area contributed by atoms with Crippen LogP contribution in [0.25, 0.3) is 0 Å². The number of hydrogen-bond acceptors (Lipinski definition) is 4. The molecule has 146 valence electrons. The molecule has 1 atom stereocenters. The van der Waals surface area contributed by atoms with Crippen LogP contribution in [-0.2, 0) is 9.53 Å². The quantitative estimate of drug-likeness (QED) is 0.328. The number of nitrogens with zero attached hydrogens (tertiary/aromatic N) is 3. The van der Waals surface area contributed by atoms with Crippen molar-refractivity contribution >= 4 is 11.9 Å². The number of nitrogens with one attached hydrogen (secondary N) is 2. The molecule has 0 aromatic rings. The fourth-order valence-corrected chi connectivity index (χ4v) is 3.06. The van der Waals surface area contributed by atoms with Gasteiger partial charge in [-0.2, -0.15) is 0 Å². The lowest BCUT2D eigenvalue weighted by molar-refractivity contribution is -0.133. The normalized spacial score (nSPS) is 18.4. The molecule has 0 radical (unpaired) electrons. The molecule has 0 aromatic carbocycles. The van der Waals surface area contributed by atoms with Gasteiger partial charge in [-0.3, -0.25) is 14.7 Å². The number of rotatable bonds is 11. The van der Waals surface area contributed by atoms with E-state index in [9.17, 15) is 4.79 Å². The van der Waals surface area contributed by atoms with E-state index in [-0.39, 0.29) is 11.9 Å². The maximum Gasteiger partial charge on any atom is 0.239 e. The van der Waals surface area contributed by atoms with E-state index in [0.717, 1.165) is 77.5 Å². The smallest absolute Gasteiger partial charge is 0.239 e. The SMILES string of the molecule is CCOCCCCNC(=NC)NCCCN1CCCC1C(=O)N(C)C. The van der Waals surface area contributed by atoms with Crippen LogP contribution in [0, 0.1) is 0 Å². The molecule has 1 aliphatic heterocycles. The summed E-state index contributed by atoms with van der Waals surface area (Å²) in [5, 5.41) is 6.67. The summed E-state index contributed by atoms with van der Waals surface area (Å²) in [7, 11) is 5.47. The van der Waals surface area contributed by atoms with E-state index in [4.69, 9.17) is 4.74 Å². The van der Waals surface area contributed by atoms with E-state index in [2.05, 4.69) is 20.5 Å². The number of guanidine groups is 1. The zero-order chi connectivity index (χ0) is 18.5. The third-order valence-electron chi connectivity index (χ3n) is 4.44. The van der Waals surface area contributed by atoms with E-state index in [1.54, 1.807) is 11.9 Å². The molecular formula is C18H37N5O2. The topological polar surface area (TPSA) is 69.2 Å². The molecule has 1 rings (SSSR count). The van der Waals surface area contributed by atoms with Gasteiger partial charge >= 0.3 is 0 Å². The minimum absolute atomic E-state index is 0.0674. The van der Waals surface area contributed by atoms with Crippen LogP contribution in [0.1, 0.15) is 39.0 Å². The summed E-state index contributed by atoms with van der Waals surface area (Å²) in [6.07, 6.45) is 5.23. The van der Waals surface area contributed by atoms with Crippen LogP contribution in [0.4, 0.5) is 0 Å². The number of unbranched alkanes of at least 4 members (excludes halogenated alkanes) is 1. The maximum atomic E-state index is 12.2. The second-order valence-electron chi connectivity index (χ2n) is 6.61. The summed E-state index contributed by atoms with van der Waals surface area (Å²) in [4.78, 5) is 20.5. The number of ether oxygens (including phenoxy) is 1. The van der Waals surface area contributed by atoms with Gasteiger partial charge in [-0.15, -0.1) is 0 Å². The summed E-state index contributed by atoms with van der Waals surface area (Å²) < 4.78 is 5.33. The Kier molecular flexibility index (Phi) is 11.2. The lowest BCUT2D eigenvalue weighted by atomic mass is 10.2. The second-order valence-corrected chi connectivity index (χ2v) is 6.61. The third kappa shape index (κ3) is 8.54. The molecule has 1 amide bonds. The van der Waals surface area contributed by atoms with Gasteiger partial charge in [-0.25, -0.2) is 0 Å². The number of likely N-dealkylation sites (N-methyl/N-ethyl adjacent to an activating group) is 1. The van der Waals surface area contributed by atoms with Gasteiger partial charge in [0.05, 0.1) is 6.04 Å². The van der Waals surface area contributed by atoms with Crippen molar-refractivity contribution in [2.75, 3.05) is 60.5 Å². The van der Waals surface area contributed by atoms with Gasteiger partial charge in [0.2, 0.25) is 5.91 Å². The Hall–Kier alpha value is -1.34. The maximum absolute atomic E-state index is 12.2. The zero-order valence-electron chi connectivity index (χ0n) is 16.5. The Balaban J connectivity index is 2.15. The Morgan fingerprint density at radius 2 is 1.96 bits per heavy atom. The van der Waals surface area contributed by atoms with Gasteiger partial charge in [0, 0.05) is 54.0 Å². The van der Waals surface area contributed by atoms with Gasteiger partial charge in [-0.05, 0) is 45.6 Å². The first-order valence-corrected chi connectivity index (χ1v) is 9.57. The molecule has 25 heavy (non-hydrogen) atoms. The van der Waals surface area contributed by atoms with Gasteiger partial charge < -0.3 is 20.3 Å². The molecule has 0 aliphatic carbocycles. The average molecular weight is 356 g/mol. The fourth-order valence-electron chi connectivity index (χ4n) is 3.06. The minimum atomic E-state index is 0.0674. The molecule has 0 spiro atoms. The van der Waals surface area contributed by atoms with Crippen LogP contribution < -0.4 is 10.6 Å². The van der Waals surface area contributed by atoms with Crippen molar-refractivity contribution in [2.45, 2.75) is 45.1 Å². The van der Waals surface area contributed by atoms with Crippen LogP contribution in [-0.4, -0.2) is 88.2 Å². The molecule has 0 saturated carbocycles. The number of likely N-dealkylation sites (tertiary alicyclic amines) is 1. The molecule has 1 aliphatic rings. The van der Waals surface area contributed by atoms with E-state index < -0.39 is 0 Å². The first kappa shape index (κ1) is 21.7. The van der Waals surface area contributed by atoms with Crippen molar-refractivity contribution in [1.82, 2.24) is 20.4 Å². The molecule has 0 aromatic heterocycles. The van der Waals surface area contributed by atoms with E-state index >= 15 is 0 Å². The second kappa shape index (κ2) is 12.9. The molecule has 1 saturated heterocycles. The Labute approximate surface area is 153 Å². The number of carbonyl (C=O) groups excluding carboxylic acids is 1. The summed E-state index contributed by atoms with van der Waals surface area (Å²) in [6, 6.07) is 0.0674. The highest BCUT2D eigenvalue weighted by Crippen LogP contribution is 2.18. The Bertz CT molecular complexity index is 401. The summed E-state index contributed by atoms with van der Waals surface area (Å²) in [5.41, 5.74) is 0. The summed E-state index contributed by atoms with van der Waals surface area (Å²) in [6.45, 7) is 7.36. The number of carbonyl (C=O) groups is 1. The number of amides is 1. The Morgan fingerprint density at radius 1 is 1.24 bits per heavy atom. The first-order valence-electron chi connectivity index (χ1n) is 9.57. The lowest BCUT2D eigenvalue weighted by Crippen LogP contribution is -2.44. The molecule has 7 heteroatoms. The fraction of sp³-hybridized carbons (Fsp3) is 0.889. The van der Waals surface area contributed by atoms with Crippen molar-refractivity contribution in [2.24, 2.45) is 4.99 Å². The lowest BCUT2D eigenvalue weighted by Gasteiger charge is -2.26. The van der Waals surface area contributed by atoms with Gasteiger partial charge in [0.15, 0.2) is 5.96 Å². The van der Waals surface area contributed by atoms with E-state index in [0.29, 0.717) is 0 Å². The summed E-state index contributed by atoms with van der Waals surface area (Å²) >= 11 is 0. The average Bonchev–Trinajstić information content (AvgIpc) is 3.07. The molecule has 1 heterocycles. The van der Waals surface area contributed by atoms with Crippen molar-refractivity contribution in [3.63, 3.8) is 0 Å². The first-order chi connectivity index (χ1) is 12.1. The van der Waals surface area contributed by atoms with Gasteiger partial charge in [-0.1, -0.05) is 0 Å². The van der Waals surface area contributed by atoms with E-state index in [1.807, 2.05) is 21.0 Å². The predicted molar refractivity (Wildman–Crippen MR) is 103 cm³/mol. The van der Waals surface area contributed by atoms with Crippen molar-refractivity contribution in [3.05, 3.63) is 0 Å². The number of aliphatic imine (C=N–C) groups is 1. The third-order valence-corrected chi connectivity index (χ3v) is 4.44. The van der Waals surface area contributed by atoms with Gasteiger partial charge in [0.1, 0.15) is 0 Å². The predicted octanol–water partition coefficient (Wildman–Crippen LogP) is 0.911. The van der Waals surface area contributed by atoms with Crippen LogP contribution in [0.15, 0.2) is 4.99 Å².